The van der Waals surface area contributed by atoms with E-state index in [-0.39, 0.29) is 0 Å². The minimum atomic E-state index is 0.400. The van der Waals surface area contributed by atoms with Gasteiger partial charge in [-0.25, -0.2) is 0 Å². The van der Waals surface area contributed by atoms with Crippen LogP contribution in [0.15, 0.2) is 67.3 Å². The van der Waals surface area contributed by atoms with Gasteiger partial charge in [0.05, 0.1) is 0 Å². The Morgan fingerprint density at radius 2 is 1.58 bits per heavy atom. The number of aromatic hydroxyl groups is 1. The van der Waals surface area contributed by atoms with Crippen LogP contribution in [0.25, 0.3) is 0 Å². The first-order chi connectivity index (χ1) is 9.15. The average Bonchev–Trinajstić information content (AvgIpc) is 2.41. The largest absolute Gasteiger partial charge is 0.508 e. The molecule has 2 aromatic carbocycles. The van der Waals surface area contributed by atoms with Crippen molar-refractivity contribution in [2.75, 3.05) is 0 Å². The molecule has 0 aliphatic rings. The quantitative estimate of drug-likeness (QED) is 0.770. The summed E-state index contributed by atoms with van der Waals surface area (Å²) in [7, 11) is 0. The lowest BCUT2D eigenvalue weighted by Crippen LogP contribution is -1.85. The van der Waals surface area contributed by atoms with Gasteiger partial charge in [0, 0.05) is 0 Å². The van der Waals surface area contributed by atoms with E-state index in [1.807, 2.05) is 42.5 Å². The van der Waals surface area contributed by atoms with Gasteiger partial charge in [0.2, 0.25) is 0 Å². The van der Waals surface area contributed by atoms with Crippen LogP contribution in [0.1, 0.15) is 30.9 Å². The molecule has 19 heavy (non-hydrogen) atoms. The second-order valence-electron chi connectivity index (χ2n) is 4.69. The van der Waals surface area contributed by atoms with E-state index >= 15 is 0 Å². The Bertz CT molecular complexity index is 486. The van der Waals surface area contributed by atoms with E-state index in [2.05, 4.69) is 32.6 Å². The Kier molecular flexibility index (Phi) is 6.45. The summed E-state index contributed by atoms with van der Waals surface area (Å²) in [5.74, 6) is 0.804. The maximum atomic E-state index is 9.28. The lowest BCUT2D eigenvalue weighted by atomic mass is 10.0. The van der Waals surface area contributed by atoms with Crippen LogP contribution in [0.5, 0.6) is 5.75 Å². The van der Waals surface area contributed by atoms with Crippen LogP contribution in [0, 0.1) is 0 Å². The molecule has 1 heteroatoms. The third-order valence-corrected chi connectivity index (χ3v) is 2.78. The number of hydrogen-bond donors (Lipinski definition) is 1. The molecule has 0 saturated heterocycles. The number of rotatable bonds is 3. The van der Waals surface area contributed by atoms with Gasteiger partial charge in [0.15, 0.2) is 0 Å². The molecule has 0 heterocycles. The van der Waals surface area contributed by atoms with Gasteiger partial charge in [-0.2, -0.15) is 0 Å². The zero-order chi connectivity index (χ0) is 14.1. The number of hydrogen-bond acceptors (Lipinski definition) is 1. The summed E-state index contributed by atoms with van der Waals surface area (Å²) in [5, 5.41) is 9.28. The molecule has 100 valence electrons. The normalized spacial score (nSPS) is 9.63. The van der Waals surface area contributed by atoms with E-state index in [1.54, 1.807) is 6.07 Å². The number of allylic oxidation sites excluding steroid dienone is 1. The van der Waals surface area contributed by atoms with Gasteiger partial charge in [-0.15, -0.1) is 6.58 Å². The Morgan fingerprint density at radius 1 is 1.00 bits per heavy atom. The van der Waals surface area contributed by atoms with Gasteiger partial charge in [0.1, 0.15) is 5.75 Å². The third kappa shape index (κ3) is 5.43. The van der Waals surface area contributed by atoms with Crippen molar-refractivity contribution in [1.29, 1.82) is 0 Å². The zero-order valence-electron chi connectivity index (χ0n) is 11.7. The molecule has 0 aliphatic carbocycles. The van der Waals surface area contributed by atoms with Crippen molar-refractivity contribution in [3.05, 3.63) is 78.4 Å². The highest BCUT2D eigenvalue weighted by Gasteiger charge is 2.01. The highest BCUT2D eigenvalue weighted by molar-refractivity contribution is 5.33. The first-order valence-electron chi connectivity index (χ1n) is 6.58. The summed E-state index contributed by atoms with van der Waals surface area (Å²) in [5.41, 5.74) is 2.34. The van der Waals surface area contributed by atoms with Crippen LogP contribution >= 0.6 is 0 Å². The molecular formula is C18H22O. The second kappa shape index (κ2) is 8.15. The maximum Gasteiger partial charge on any atom is 0.119 e. The van der Waals surface area contributed by atoms with E-state index in [0.717, 1.165) is 12.0 Å². The maximum absolute atomic E-state index is 9.28. The lowest BCUT2D eigenvalue weighted by molar-refractivity contribution is 0.465. The molecule has 0 unspecified atom stereocenters. The second-order valence-corrected chi connectivity index (χ2v) is 4.69. The molecular weight excluding hydrogens is 232 g/mol. The Balaban J connectivity index is 0.000000191. The zero-order valence-corrected chi connectivity index (χ0v) is 11.7. The summed E-state index contributed by atoms with van der Waals surface area (Å²) < 4.78 is 0. The first kappa shape index (κ1) is 15.0. The van der Waals surface area contributed by atoms with Gasteiger partial charge in [-0.1, -0.05) is 68.5 Å². The van der Waals surface area contributed by atoms with Gasteiger partial charge < -0.3 is 5.11 Å². The van der Waals surface area contributed by atoms with Gasteiger partial charge in [-0.05, 0) is 29.5 Å². The molecule has 0 amide bonds. The summed E-state index contributed by atoms with van der Waals surface area (Å²) >= 11 is 0. The van der Waals surface area contributed by atoms with Gasteiger partial charge in [0.25, 0.3) is 0 Å². The van der Waals surface area contributed by atoms with Crippen molar-refractivity contribution < 1.29 is 5.11 Å². The number of benzene rings is 2. The van der Waals surface area contributed by atoms with Crippen LogP contribution in [0.3, 0.4) is 0 Å². The number of phenols is 1. The van der Waals surface area contributed by atoms with E-state index < -0.39 is 0 Å². The molecule has 0 fully saturated rings. The smallest absolute Gasteiger partial charge is 0.119 e. The molecule has 2 rings (SSSR count). The summed E-state index contributed by atoms with van der Waals surface area (Å²) in [6.07, 6.45) is 2.89. The van der Waals surface area contributed by atoms with E-state index in [4.69, 9.17) is 0 Å². The molecule has 0 aromatic heterocycles. The van der Waals surface area contributed by atoms with Crippen molar-refractivity contribution in [2.24, 2.45) is 0 Å². The predicted molar refractivity (Wildman–Crippen MR) is 82.5 cm³/mol. The predicted octanol–water partition coefficient (Wildman–Crippen LogP) is 4.93. The average molecular weight is 254 g/mol. The first-order valence-corrected chi connectivity index (χ1v) is 6.58. The lowest BCUT2D eigenvalue weighted by Gasteiger charge is -2.05. The minimum absolute atomic E-state index is 0.400. The summed E-state index contributed by atoms with van der Waals surface area (Å²) in [4.78, 5) is 0. The van der Waals surface area contributed by atoms with Crippen LogP contribution in [-0.2, 0) is 6.42 Å². The molecule has 0 spiro atoms. The Hall–Kier alpha value is -2.02. The van der Waals surface area contributed by atoms with Crippen molar-refractivity contribution in [2.45, 2.75) is 26.2 Å². The van der Waals surface area contributed by atoms with Gasteiger partial charge in [-0.3, -0.25) is 0 Å². The molecule has 0 radical (unpaired) electrons. The Morgan fingerprint density at radius 3 is 2.05 bits per heavy atom. The number of phenolic OH excluding ortho intramolecular Hbond substituents is 1. The fourth-order valence-electron chi connectivity index (χ4n) is 1.76. The van der Waals surface area contributed by atoms with Crippen molar-refractivity contribution >= 4 is 0 Å². The monoisotopic (exact) mass is 254 g/mol. The molecule has 1 nitrogen and oxygen atoms in total. The van der Waals surface area contributed by atoms with E-state index in [9.17, 15) is 5.11 Å². The van der Waals surface area contributed by atoms with Crippen LogP contribution < -0.4 is 0 Å². The minimum Gasteiger partial charge on any atom is -0.508 e. The fraction of sp³-hybridized carbons (Fsp3) is 0.222. The SMILES string of the molecule is C=CCc1ccccc1.CC(C)c1ccccc1O. The van der Waals surface area contributed by atoms with Gasteiger partial charge >= 0.3 is 0 Å². The van der Waals surface area contributed by atoms with Crippen LogP contribution in [0.2, 0.25) is 0 Å². The molecule has 0 aliphatic heterocycles. The van der Waals surface area contributed by atoms with E-state index in [1.165, 1.54) is 5.56 Å². The standard InChI is InChI=1S/C9H12O.C9H10/c1-7(2)8-5-3-4-6-9(8)10;1-2-6-9-7-4-3-5-8-9/h3-7,10H,1-2H3;2-5,7-8H,1,6H2. The third-order valence-electron chi connectivity index (χ3n) is 2.78. The van der Waals surface area contributed by atoms with Crippen molar-refractivity contribution in [3.63, 3.8) is 0 Å². The topological polar surface area (TPSA) is 20.2 Å². The molecule has 0 atom stereocenters. The number of para-hydroxylation sites is 1. The fourth-order valence-corrected chi connectivity index (χ4v) is 1.76. The van der Waals surface area contributed by atoms with Crippen LogP contribution in [-0.4, -0.2) is 5.11 Å². The van der Waals surface area contributed by atoms with Crippen molar-refractivity contribution in [1.82, 2.24) is 0 Å². The summed E-state index contributed by atoms with van der Waals surface area (Å²) in [6.45, 7) is 7.79. The highest BCUT2D eigenvalue weighted by Crippen LogP contribution is 2.23. The molecule has 0 saturated carbocycles. The molecule has 2 aromatic rings. The van der Waals surface area contributed by atoms with Crippen LogP contribution in [0.4, 0.5) is 0 Å². The molecule has 0 bridgehead atoms. The molecule has 1 N–H and O–H groups in total. The van der Waals surface area contributed by atoms with E-state index in [0.29, 0.717) is 11.7 Å². The van der Waals surface area contributed by atoms with Crippen molar-refractivity contribution in [3.8, 4) is 5.75 Å². The Labute approximate surface area is 116 Å². The highest BCUT2D eigenvalue weighted by atomic mass is 16.3. The summed E-state index contributed by atoms with van der Waals surface area (Å²) in [6, 6.07) is 17.7.